The Morgan fingerprint density at radius 3 is 2.46 bits per heavy atom. The third-order valence-electron chi connectivity index (χ3n) is 6.02. The molecular weight excluding hydrogens is 348 g/mol. The number of ether oxygens (including phenoxy) is 1. The van der Waals surface area contributed by atoms with E-state index in [2.05, 4.69) is 59.3 Å². The van der Waals surface area contributed by atoms with Crippen molar-refractivity contribution >= 4 is 16.8 Å². The molecule has 0 radical (unpaired) electrons. The van der Waals surface area contributed by atoms with Crippen molar-refractivity contribution in [1.29, 1.82) is 0 Å². The van der Waals surface area contributed by atoms with Crippen LogP contribution in [0.5, 0.6) is 0 Å². The van der Waals surface area contributed by atoms with E-state index in [0.717, 1.165) is 61.8 Å². The van der Waals surface area contributed by atoms with Crippen LogP contribution >= 0.6 is 0 Å². The Labute approximate surface area is 165 Å². The van der Waals surface area contributed by atoms with Crippen molar-refractivity contribution in [2.24, 2.45) is 0 Å². The molecule has 3 aliphatic rings. The first-order valence-corrected chi connectivity index (χ1v) is 10.3. The highest BCUT2D eigenvalue weighted by Gasteiger charge is 2.40. The molecule has 3 fully saturated rings. The summed E-state index contributed by atoms with van der Waals surface area (Å²) in [5.74, 6) is 0.150. The lowest BCUT2D eigenvalue weighted by molar-refractivity contribution is -0.171. The lowest BCUT2D eigenvalue weighted by Gasteiger charge is -2.46. The van der Waals surface area contributed by atoms with Gasteiger partial charge in [0.15, 0.2) is 0 Å². The number of hydrogen-bond acceptors (Lipinski definition) is 2. The van der Waals surface area contributed by atoms with Crippen molar-refractivity contribution in [1.82, 2.24) is 9.47 Å². The molecule has 0 spiro atoms. The zero-order chi connectivity index (χ0) is 18.9. The van der Waals surface area contributed by atoms with Gasteiger partial charge in [0.1, 0.15) is 0 Å². The lowest BCUT2D eigenvalue weighted by Crippen LogP contribution is -2.58. The molecule has 4 nitrogen and oxygen atoms in total. The van der Waals surface area contributed by atoms with E-state index in [1.807, 2.05) is 11.0 Å². The molecule has 3 saturated heterocycles. The van der Waals surface area contributed by atoms with Crippen LogP contribution in [-0.4, -0.2) is 40.7 Å². The van der Waals surface area contributed by atoms with Gasteiger partial charge in [-0.3, -0.25) is 4.79 Å². The molecule has 0 aliphatic carbocycles. The molecule has 2 aromatic carbocycles. The fraction of sp³-hybridized carbons (Fsp3) is 0.375. The first kappa shape index (κ1) is 17.5. The summed E-state index contributed by atoms with van der Waals surface area (Å²) < 4.78 is 7.95. The quantitative estimate of drug-likeness (QED) is 0.604. The Morgan fingerprint density at radius 2 is 1.68 bits per heavy atom. The van der Waals surface area contributed by atoms with Gasteiger partial charge in [0.2, 0.25) is 0 Å². The number of aromatic nitrogens is 1. The second-order valence-electron chi connectivity index (χ2n) is 8.02. The van der Waals surface area contributed by atoms with Gasteiger partial charge in [-0.05, 0) is 30.9 Å². The second-order valence-corrected chi connectivity index (χ2v) is 8.02. The van der Waals surface area contributed by atoms with Gasteiger partial charge in [-0.15, -0.1) is 0 Å². The standard InChI is InChI=1S/C24H26N2O2/c27-24(26-15-19-14-20(16-26)28-19)22-17-25(23-12-5-4-11-21(22)23)13-7-6-10-18-8-2-1-3-9-18/h1-5,8-9,11-12,17,19-20H,6-7,10,13-16H2. The van der Waals surface area contributed by atoms with Crippen molar-refractivity contribution in [3.8, 4) is 0 Å². The van der Waals surface area contributed by atoms with Crippen LogP contribution in [0.25, 0.3) is 10.9 Å². The van der Waals surface area contributed by atoms with E-state index in [9.17, 15) is 4.79 Å². The lowest BCUT2D eigenvalue weighted by atomic mass is 9.98. The molecule has 0 saturated carbocycles. The van der Waals surface area contributed by atoms with Gasteiger partial charge in [-0.1, -0.05) is 48.5 Å². The van der Waals surface area contributed by atoms with Crippen molar-refractivity contribution in [2.45, 2.75) is 44.4 Å². The molecule has 0 N–H and O–H groups in total. The zero-order valence-electron chi connectivity index (χ0n) is 16.1. The highest BCUT2D eigenvalue weighted by atomic mass is 16.5. The largest absolute Gasteiger partial charge is 0.371 e. The predicted octanol–water partition coefficient (Wildman–Crippen LogP) is 4.28. The van der Waals surface area contributed by atoms with Gasteiger partial charge in [0, 0.05) is 43.2 Å². The second kappa shape index (κ2) is 7.44. The summed E-state index contributed by atoms with van der Waals surface area (Å²) >= 11 is 0. The highest BCUT2D eigenvalue weighted by Crippen LogP contribution is 2.30. The maximum atomic E-state index is 13.2. The van der Waals surface area contributed by atoms with E-state index in [1.54, 1.807) is 0 Å². The fourth-order valence-corrected chi connectivity index (χ4v) is 4.55. The number of benzene rings is 2. The summed E-state index contributed by atoms with van der Waals surface area (Å²) in [6.07, 6.45) is 7.00. The van der Waals surface area contributed by atoms with Crippen LogP contribution in [0.4, 0.5) is 0 Å². The average Bonchev–Trinajstić information content (AvgIpc) is 3.10. The van der Waals surface area contributed by atoms with Crippen molar-refractivity contribution in [3.63, 3.8) is 0 Å². The van der Waals surface area contributed by atoms with Crippen molar-refractivity contribution in [3.05, 3.63) is 71.9 Å². The molecular formula is C24H26N2O2. The summed E-state index contributed by atoms with van der Waals surface area (Å²) in [5, 5.41) is 1.07. The van der Waals surface area contributed by atoms with E-state index >= 15 is 0 Å². The van der Waals surface area contributed by atoms with Gasteiger partial charge in [-0.2, -0.15) is 0 Å². The van der Waals surface area contributed by atoms with E-state index < -0.39 is 0 Å². The Balaban J connectivity index is 1.30. The maximum absolute atomic E-state index is 13.2. The van der Waals surface area contributed by atoms with E-state index in [4.69, 9.17) is 4.74 Å². The molecule has 2 atom stereocenters. The van der Waals surface area contributed by atoms with Gasteiger partial charge < -0.3 is 14.2 Å². The minimum Gasteiger partial charge on any atom is -0.371 e. The number of rotatable bonds is 6. The minimum atomic E-state index is 0.150. The van der Waals surface area contributed by atoms with Crippen LogP contribution < -0.4 is 0 Å². The maximum Gasteiger partial charge on any atom is 0.256 e. The van der Waals surface area contributed by atoms with E-state index in [1.165, 1.54) is 5.56 Å². The topological polar surface area (TPSA) is 34.5 Å². The summed E-state index contributed by atoms with van der Waals surface area (Å²) in [4.78, 5) is 15.1. The fourth-order valence-electron chi connectivity index (χ4n) is 4.55. The van der Waals surface area contributed by atoms with Gasteiger partial charge in [-0.25, -0.2) is 0 Å². The molecule has 3 aromatic rings. The van der Waals surface area contributed by atoms with Crippen LogP contribution in [0, 0.1) is 0 Å². The number of nitrogens with zero attached hydrogens (tertiary/aromatic N) is 2. The molecule has 3 aliphatic heterocycles. The Bertz CT molecular complexity index is 963. The van der Waals surface area contributed by atoms with Crippen LogP contribution in [0.2, 0.25) is 0 Å². The number of morpholine rings is 1. The number of para-hydroxylation sites is 1. The number of hydrogen-bond donors (Lipinski definition) is 0. The third-order valence-corrected chi connectivity index (χ3v) is 6.02. The molecule has 2 unspecified atom stereocenters. The van der Waals surface area contributed by atoms with Gasteiger partial charge >= 0.3 is 0 Å². The predicted molar refractivity (Wildman–Crippen MR) is 110 cm³/mol. The monoisotopic (exact) mass is 374 g/mol. The Hall–Kier alpha value is -2.59. The molecule has 2 bridgehead atoms. The van der Waals surface area contributed by atoms with Crippen molar-refractivity contribution < 1.29 is 9.53 Å². The number of carbonyl (C=O) groups excluding carboxylic acids is 1. The Morgan fingerprint density at radius 1 is 0.964 bits per heavy atom. The van der Waals surface area contributed by atoms with Gasteiger partial charge in [0.25, 0.3) is 5.91 Å². The number of unbranched alkanes of at least 4 members (excludes halogenated alkanes) is 1. The van der Waals surface area contributed by atoms with Crippen LogP contribution in [0.3, 0.4) is 0 Å². The molecule has 1 aromatic heterocycles. The summed E-state index contributed by atoms with van der Waals surface area (Å²) in [6.45, 7) is 2.40. The smallest absolute Gasteiger partial charge is 0.256 e. The van der Waals surface area contributed by atoms with Crippen LogP contribution in [0.1, 0.15) is 35.2 Å². The first-order valence-electron chi connectivity index (χ1n) is 10.3. The average molecular weight is 374 g/mol. The first-order chi connectivity index (χ1) is 13.8. The molecule has 1 amide bonds. The zero-order valence-corrected chi connectivity index (χ0v) is 16.1. The number of aryl methyl sites for hydroxylation is 2. The number of piperidine rings is 1. The molecule has 28 heavy (non-hydrogen) atoms. The minimum absolute atomic E-state index is 0.150. The van der Waals surface area contributed by atoms with E-state index in [-0.39, 0.29) is 18.1 Å². The molecule has 4 heteroatoms. The summed E-state index contributed by atoms with van der Waals surface area (Å²) in [7, 11) is 0. The van der Waals surface area contributed by atoms with E-state index in [0.29, 0.717) is 0 Å². The normalized spacial score (nSPS) is 20.9. The SMILES string of the molecule is O=C(c1cn(CCCCc2ccccc2)c2ccccc12)N1CC2CC(C1)O2. The van der Waals surface area contributed by atoms with Crippen LogP contribution in [0.15, 0.2) is 60.8 Å². The third kappa shape index (κ3) is 3.33. The molecule has 144 valence electrons. The van der Waals surface area contributed by atoms with Gasteiger partial charge in [0.05, 0.1) is 17.8 Å². The molecule has 6 rings (SSSR count). The highest BCUT2D eigenvalue weighted by molar-refractivity contribution is 6.07. The van der Waals surface area contributed by atoms with Crippen LogP contribution in [-0.2, 0) is 17.7 Å². The van der Waals surface area contributed by atoms with Crippen molar-refractivity contribution in [2.75, 3.05) is 13.1 Å². The summed E-state index contributed by atoms with van der Waals surface area (Å²) in [5.41, 5.74) is 3.38. The number of carbonyl (C=O) groups is 1. The summed E-state index contributed by atoms with van der Waals surface area (Å²) in [6, 6.07) is 18.9. The Kier molecular flexibility index (Phi) is 4.65. The number of fused-ring (bicyclic) bond motifs is 3. The molecule has 4 heterocycles. The number of amides is 1.